The van der Waals surface area contributed by atoms with E-state index < -0.39 is 0 Å². The monoisotopic (exact) mass is 434 g/mol. The number of amides is 1. The molecule has 1 aliphatic heterocycles. The van der Waals surface area contributed by atoms with Crippen molar-refractivity contribution in [3.63, 3.8) is 0 Å². The number of rotatable bonds is 5. The minimum Gasteiger partial charge on any atom is -0.349 e. The Balaban J connectivity index is 1.59. The van der Waals surface area contributed by atoms with Crippen molar-refractivity contribution in [1.82, 2.24) is 19.2 Å². The number of likely N-dealkylation sites (tertiary alicyclic amines) is 1. The fourth-order valence-corrected chi connectivity index (χ4v) is 5.95. The highest BCUT2D eigenvalue weighted by Crippen LogP contribution is 2.31. The summed E-state index contributed by atoms with van der Waals surface area (Å²) in [6, 6.07) is 9.04. The maximum Gasteiger partial charge on any atom is 0.275 e. The van der Waals surface area contributed by atoms with Gasteiger partial charge in [-0.2, -0.15) is 0 Å². The number of benzene rings is 1. The molecule has 3 heterocycles. The highest BCUT2D eigenvalue weighted by atomic mass is 16.2. The molecule has 1 aliphatic carbocycles. The second kappa shape index (κ2) is 8.39. The van der Waals surface area contributed by atoms with Gasteiger partial charge in [0.1, 0.15) is 11.2 Å². The number of carbonyl (C=O) groups excluding carboxylic acids is 1. The normalized spacial score (nSPS) is 20.2. The molecule has 6 nitrogen and oxygen atoms in total. The number of para-hydroxylation sites is 1. The number of carbonyl (C=O) groups is 1. The summed E-state index contributed by atoms with van der Waals surface area (Å²) >= 11 is 0. The van der Waals surface area contributed by atoms with E-state index in [-0.39, 0.29) is 17.5 Å². The minimum absolute atomic E-state index is 0.0175. The number of hydrogen-bond donors (Lipinski definition) is 1. The average molecular weight is 435 g/mol. The van der Waals surface area contributed by atoms with Crippen LogP contribution in [0.15, 0.2) is 35.3 Å². The molecule has 6 heteroatoms. The van der Waals surface area contributed by atoms with Gasteiger partial charge >= 0.3 is 0 Å². The van der Waals surface area contributed by atoms with Crippen LogP contribution in [-0.4, -0.2) is 44.9 Å². The Kier molecular flexibility index (Phi) is 5.58. The van der Waals surface area contributed by atoms with E-state index in [1.165, 1.54) is 6.42 Å². The third-order valence-electron chi connectivity index (χ3n) is 7.60. The largest absolute Gasteiger partial charge is 0.349 e. The average Bonchev–Trinajstić information content (AvgIpc) is 3.53. The van der Waals surface area contributed by atoms with Gasteiger partial charge in [-0.1, -0.05) is 31.0 Å². The second-order valence-electron chi connectivity index (χ2n) is 9.83. The topological polar surface area (TPSA) is 58.8 Å². The van der Waals surface area contributed by atoms with Gasteiger partial charge in [0.05, 0.1) is 5.52 Å². The van der Waals surface area contributed by atoms with Gasteiger partial charge in [-0.15, -0.1) is 0 Å². The summed E-state index contributed by atoms with van der Waals surface area (Å²) in [5.41, 5.74) is 3.09. The summed E-state index contributed by atoms with van der Waals surface area (Å²) < 4.78 is 3.74. The first-order valence-corrected chi connectivity index (χ1v) is 12.2. The van der Waals surface area contributed by atoms with Crippen molar-refractivity contribution in [2.45, 2.75) is 77.4 Å². The first kappa shape index (κ1) is 21.3. The summed E-state index contributed by atoms with van der Waals surface area (Å²) in [7, 11) is 0. The van der Waals surface area contributed by atoms with E-state index in [4.69, 9.17) is 0 Å². The van der Waals surface area contributed by atoms with Crippen LogP contribution in [0.1, 0.15) is 74.5 Å². The van der Waals surface area contributed by atoms with Crippen LogP contribution in [0.5, 0.6) is 0 Å². The Hall–Kier alpha value is -2.60. The van der Waals surface area contributed by atoms with Crippen molar-refractivity contribution in [3.05, 3.63) is 52.1 Å². The summed E-state index contributed by atoms with van der Waals surface area (Å²) in [5.74, 6) is -0.0990. The number of nitrogens with one attached hydrogen (secondary N) is 1. The molecule has 3 aromatic rings. The molecule has 0 radical (unpaired) electrons. The third-order valence-corrected chi connectivity index (χ3v) is 7.60. The lowest BCUT2D eigenvalue weighted by Gasteiger charge is -2.28. The quantitative estimate of drug-likeness (QED) is 0.652. The van der Waals surface area contributed by atoms with Gasteiger partial charge in [0.25, 0.3) is 11.5 Å². The van der Waals surface area contributed by atoms with Crippen molar-refractivity contribution in [1.29, 1.82) is 0 Å². The maximum atomic E-state index is 13.6. The van der Waals surface area contributed by atoms with Crippen molar-refractivity contribution in [2.24, 2.45) is 0 Å². The molecule has 2 fully saturated rings. The Bertz CT molecular complexity index is 1220. The zero-order valence-corrected chi connectivity index (χ0v) is 19.4. The fraction of sp³-hybridized carbons (Fsp3) is 0.538. The molecule has 2 aromatic heterocycles. The van der Waals surface area contributed by atoms with Gasteiger partial charge in [0, 0.05) is 36.3 Å². The summed E-state index contributed by atoms with van der Waals surface area (Å²) in [6.45, 7) is 8.17. The molecular formula is C26H34N4O2. The smallest absolute Gasteiger partial charge is 0.275 e. The van der Waals surface area contributed by atoms with Crippen molar-refractivity contribution >= 4 is 22.3 Å². The van der Waals surface area contributed by atoms with Crippen LogP contribution in [0.25, 0.3) is 16.4 Å². The minimum atomic E-state index is -0.0990. The molecule has 1 amide bonds. The number of hydrogen-bond acceptors (Lipinski definition) is 3. The third kappa shape index (κ3) is 3.45. The molecule has 2 aliphatic rings. The lowest BCUT2D eigenvalue weighted by atomic mass is 10.2. The van der Waals surface area contributed by atoms with Crippen LogP contribution in [0.3, 0.4) is 0 Å². The summed E-state index contributed by atoms with van der Waals surface area (Å²) in [6.07, 6.45) is 8.39. The molecule has 1 N–H and O–H groups in total. The SMILES string of the molecule is Cc1c2ccccc2n2c(C(=O)NC[C@@H]3CCCN3C(C)C)cn(C3CCCC3)c(=O)c12. The summed E-state index contributed by atoms with van der Waals surface area (Å²) in [4.78, 5) is 29.6. The Morgan fingerprint density at radius 1 is 1.12 bits per heavy atom. The molecule has 0 bridgehead atoms. The van der Waals surface area contributed by atoms with Crippen molar-refractivity contribution in [2.75, 3.05) is 13.1 Å². The van der Waals surface area contributed by atoms with E-state index in [2.05, 4.69) is 24.1 Å². The molecule has 1 atom stereocenters. The lowest BCUT2D eigenvalue weighted by Crippen LogP contribution is -2.43. The molecule has 5 rings (SSSR count). The van der Waals surface area contributed by atoms with Crippen LogP contribution in [0.2, 0.25) is 0 Å². The second-order valence-corrected chi connectivity index (χ2v) is 9.83. The van der Waals surface area contributed by atoms with Gasteiger partial charge in [-0.05, 0) is 64.6 Å². The van der Waals surface area contributed by atoms with Crippen LogP contribution in [0.4, 0.5) is 0 Å². The van der Waals surface area contributed by atoms with Gasteiger partial charge in [-0.25, -0.2) is 0 Å². The first-order chi connectivity index (χ1) is 15.5. The van der Waals surface area contributed by atoms with E-state index in [1.54, 1.807) is 0 Å². The maximum absolute atomic E-state index is 13.6. The zero-order chi connectivity index (χ0) is 22.4. The molecule has 1 saturated carbocycles. The molecular weight excluding hydrogens is 400 g/mol. The highest BCUT2D eigenvalue weighted by molar-refractivity contribution is 5.99. The number of nitrogens with zero attached hydrogens (tertiary/aromatic N) is 3. The van der Waals surface area contributed by atoms with E-state index >= 15 is 0 Å². The predicted molar refractivity (Wildman–Crippen MR) is 129 cm³/mol. The van der Waals surface area contributed by atoms with Crippen LogP contribution in [0, 0.1) is 6.92 Å². The van der Waals surface area contributed by atoms with Crippen molar-refractivity contribution in [3.8, 4) is 0 Å². The fourth-order valence-electron chi connectivity index (χ4n) is 5.95. The van der Waals surface area contributed by atoms with E-state index in [9.17, 15) is 9.59 Å². The lowest BCUT2D eigenvalue weighted by molar-refractivity contribution is 0.0928. The van der Waals surface area contributed by atoms with Crippen LogP contribution >= 0.6 is 0 Å². The molecule has 170 valence electrons. The Labute approximate surface area is 189 Å². The van der Waals surface area contributed by atoms with Crippen LogP contribution < -0.4 is 10.9 Å². The summed E-state index contributed by atoms with van der Waals surface area (Å²) in [5, 5.41) is 4.24. The highest BCUT2D eigenvalue weighted by Gasteiger charge is 2.28. The van der Waals surface area contributed by atoms with Gasteiger partial charge in [-0.3, -0.25) is 18.9 Å². The molecule has 0 spiro atoms. The molecule has 1 aromatic carbocycles. The Morgan fingerprint density at radius 3 is 2.62 bits per heavy atom. The van der Waals surface area contributed by atoms with Gasteiger partial charge in [0.2, 0.25) is 0 Å². The predicted octanol–water partition coefficient (Wildman–Crippen LogP) is 4.28. The number of fused-ring (bicyclic) bond motifs is 3. The Morgan fingerprint density at radius 2 is 1.88 bits per heavy atom. The standard InChI is InChI=1S/C26H34N4O2/c1-17(2)28-14-8-11-20(28)15-27-25(31)23-16-29(19-9-4-5-10-19)26(32)24-18(3)21-12-6-7-13-22(21)30(23)24/h6-7,12-13,16-17,19-20H,4-5,8-11,14-15H2,1-3H3,(H,27,31)/t20-/m0/s1. The molecule has 0 unspecified atom stereocenters. The van der Waals surface area contributed by atoms with Gasteiger partial charge < -0.3 is 9.88 Å². The van der Waals surface area contributed by atoms with Gasteiger partial charge in [0.15, 0.2) is 0 Å². The van der Waals surface area contributed by atoms with E-state index in [1.807, 2.05) is 46.4 Å². The number of aryl methyl sites for hydroxylation is 1. The van der Waals surface area contributed by atoms with Crippen molar-refractivity contribution < 1.29 is 4.79 Å². The van der Waals surface area contributed by atoms with Crippen LogP contribution in [-0.2, 0) is 0 Å². The van der Waals surface area contributed by atoms with E-state index in [0.29, 0.717) is 29.8 Å². The molecule has 32 heavy (non-hydrogen) atoms. The first-order valence-electron chi connectivity index (χ1n) is 12.2. The zero-order valence-electron chi connectivity index (χ0n) is 19.4. The van der Waals surface area contributed by atoms with E-state index in [0.717, 1.165) is 55.1 Å². The molecule has 1 saturated heterocycles. The number of aromatic nitrogens is 2.